The number of carbonyl (C=O) groups is 1. The highest BCUT2D eigenvalue weighted by Crippen LogP contribution is 2.24. The zero-order chi connectivity index (χ0) is 17.8. The summed E-state index contributed by atoms with van der Waals surface area (Å²) in [6, 6.07) is 18.7. The number of hydrogen-bond donors (Lipinski definition) is 0. The minimum absolute atomic E-state index is 0.124. The third kappa shape index (κ3) is 4.29. The molecule has 1 amide bonds. The first-order chi connectivity index (χ1) is 12.0. The number of aryl methyl sites for hydroxylation is 1. The van der Waals surface area contributed by atoms with Crippen LogP contribution < -0.4 is 0 Å². The molecule has 2 atom stereocenters. The van der Waals surface area contributed by atoms with Gasteiger partial charge in [-0.3, -0.25) is 9.69 Å². The molecule has 1 aliphatic rings. The fourth-order valence-electron chi connectivity index (χ4n) is 3.65. The van der Waals surface area contributed by atoms with Crippen molar-refractivity contribution in [3.8, 4) is 0 Å². The number of likely N-dealkylation sites (tertiary alicyclic amines) is 1. The van der Waals surface area contributed by atoms with Crippen molar-refractivity contribution in [2.24, 2.45) is 5.92 Å². The Hall–Kier alpha value is -2.13. The quantitative estimate of drug-likeness (QED) is 0.843. The highest BCUT2D eigenvalue weighted by atomic mass is 16.2. The van der Waals surface area contributed by atoms with E-state index in [1.165, 1.54) is 11.1 Å². The molecule has 0 bridgehead atoms. The van der Waals surface area contributed by atoms with Crippen molar-refractivity contribution >= 4 is 5.91 Å². The van der Waals surface area contributed by atoms with Gasteiger partial charge in [0.1, 0.15) is 0 Å². The van der Waals surface area contributed by atoms with Crippen LogP contribution in [0.2, 0.25) is 0 Å². The molecular formula is C22H28N2O. The van der Waals surface area contributed by atoms with Crippen molar-refractivity contribution in [1.29, 1.82) is 0 Å². The molecule has 0 N–H and O–H groups in total. The summed E-state index contributed by atoms with van der Waals surface area (Å²) in [5.41, 5.74) is 3.29. The van der Waals surface area contributed by atoms with E-state index in [0.717, 1.165) is 31.6 Å². The molecule has 1 fully saturated rings. The van der Waals surface area contributed by atoms with E-state index < -0.39 is 0 Å². The van der Waals surface area contributed by atoms with Gasteiger partial charge in [-0.2, -0.15) is 0 Å². The molecule has 0 spiro atoms. The fourth-order valence-corrected chi connectivity index (χ4v) is 3.65. The normalized spacial score (nSPS) is 21.1. The molecule has 0 aliphatic carbocycles. The van der Waals surface area contributed by atoms with E-state index in [2.05, 4.69) is 42.2 Å². The molecule has 1 aliphatic heterocycles. The van der Waals surface area contributed by atoms with E-state index in [1.807, 2.05) is 43.1 Å². The average molecular weight is 336 g/mol. The fraction of sp³-hybridized carbons (Fsp3) is 0.409. The van der Waals surface area contributed by atoms with E-state index in [9.17, 15) is 4.79 Å². The summed E-state index contributed by atoms with van der Waals surface area (Å²) in [6.45, 7) is 7.30. The van der Waals surface area contributed by atoms with Crippen molar-refractivity contribution in [3.05, 3.63) is 71.3 Å². The van der Waals surface area contributed by atoms with Gasteiger partial charge in [-0.15, -0.1) is 0 Å². The average Bonchev–Trinajstić information content (AvgIpc) is 2.63. The Morgan fingerprint density at radius 3 is 2.48 bits per heavy atom. The van der Waals surface area contributed by atoms with E-state index in [4.69, 9.17) is 0 Å². The maximum Gasteiger partial charge on any atom is 0.253 e. The lowest BCUT2D eigenvalue weighted by Crippen LogP contribution is -2.52. The second-order valence-electron chi connectivity index (χ2n) is 7.34. The number of carbonyl (C=O) groups excluding carboxylic acids is 1. The topological polar surface area (TPSA) is 23.6 Å². The molecule has 0 radical (unpaired) electrons. The first-order valence-corrected chi connectivity index (χ1v) is 9.14. The molecule has 132 valence electrons. The summed E-state index contributed by atoms with van der Waals surface area (Å²) < 4.78 is 0. The maximum atomic E-state index is 12.9. The summed E-state index contributed by atoms with van der Waals surface area (Å²) in [6.07, 6.45) is 1.13. The summed E-state index contributed by atoms with van der Waals surface area (Å²) in [5.74, 6) is 0.643. The van der Waals surface area contributed by atoms with Gasteiger partial charge in [0.25, 0.3) is 5.91 Å². The third-order valence-electron chi connectivity index (χ3n) is 5.37. The second kappa shape index (κ2) is 7.83. The molecule has 3 heteroatoms. The minimum atomic E-state index is 0.124. The number of piperidine rings is 1. The van der Waals surface area contributed by atoms with Crippen LogP contribution in [0.1, 0.15) is 34.8 Å². The number of hydrogen-bond acceptors (Lipinski definition) is 2. The Balaban J connectivity index is 1.68. The maximum absolute atomic E-state index is 12.9. The molecule has 2 aromatic rings. The smallest absolute Gasteiger partial charge is 0.253 e. The van der Waals surface area contributed by atoms with Gasteiger partial charge in [0.15, 0.2) is 0 Å². The Labute approximate surface area is 151 Å². The van der Waals surface area contributed by atoms with Crippen LogP contribution in [-0.2, 0) is 6.54 Å². The van der Waals surface area contributed by atoms with Crippen LogP contribution in [0.5, 0.6) is 0 Å². The Bertz CT molecular complexity index is 696. The first-order valence-electron chi connectivity index (χ1n) is 9.14. The predicted octanol–water partition coefficient (Wildman–Crippen LogP) is 3.98. The molecule has 2 aromatic carbocycles. The third-order valence-corrected chi connectivity index (χ3v) is 5.37. The van der Waals surface area contributed by atoms with Gasteiger partial charge in [-0.1, -0.05) is 55.0 Å². The van der Waals surface area contributed by atoms with Crippen molar-refractivity contribution in [3.63, 3.8) is 0 Å². The molecule has 25 heavy (non-hydrogen) atoms. The van der Waals surface area contributed by atoms with E-state index in [0.29, 0.717) is 5.92 Å². The summed E-state index contributed by atoms with van der Waals surface area (Å²) in [4.78, 5) is 17.3. The molecule has 0 aromatic heterocycles. The zero-order valence-corrected chi connectivity index (χ0v) is 15.5. The number of rotatable bonds is 4. The minimum Gasteiger partial charge on any atom is -0.337 e. The lowest BCUT2D eigenvalue weighted by Gasteiger charge is -2.41. The van der Waals surface area contributed by atoms with Crippen LogP contribution in [0.15, 0.2) is 54.6 Å². The number of likely N-dealkylation sites (N-methyl/N-ethyl adjacent to an activating group) is 1. The summed E-state index contributed by atoms with van der Waals surface area (Å²) in [5, 5.41) is 0. The molecule has 3 rings (SSSR count). The highest BCUT2D eigenvalue weighted by molar-refractivity contribution is 5.94. The molecule has 0 saturated carbocycles. The molecule has 1 heterocycles. The van der Waals surface area contributed by atoms with Crippen LogP contribution >= 0.6 is 0 Å². The van der Waals surface area contributed by atoms with Gasteiger partial charge in [-0.05, 0) is 43.5 Å². The van der Waals surface area contributed by atoms with Gasteiger partial charge >= 0.3 is 0 Å². The summed E-state index contributed by atoms with van der Waals surface area (Å²) >= 11 is 0. The predicted molar refractivity (Wildman–Crippen MR) is 103 cm³/mol. The lowest BCUT2D eigenvalue weighted by atomic mass is 9.91. The van der Waals surface area contributed by atoms with Crippen LogP contribution in [0.4, 0.5) is 0 Å². The molecule has 3 nitrogen and oxygen atoms in total. The lowest BCUT2D eigenvalue weighted by molar-refractivity contribution is 0.0475. The standard InChI is InChI=1S/C22H28N2O/c1-17-9-11-20(12-10-17)22(25)23(3)21-16-24(14-13-18(21)2)15-19-7-5-4-6-8-19/h4-12,18,21H,13-16H2,1-3H3/t18-,21+/m0/s1. The SMILES string of the molecule is Cc1ccc(C(=O)N(C)[C@@H]2CN(Cc3ccccc3)CC[C@@H]2C)cc1. The second-order valence-corrected chi connectivity index (χ2v) is 7.34. The van der Waals surface area contributed by atoms with Gasteiger partial charge in [0.2, 0.25) is 0 Å². The van der Waals surface area contributed by atoms with Crippen LogP contribution in [-0.4, -0.2) is 41.9 Å². The van der Waals surface area contributed by atoms with Crippen LogP contribution in [0.25, 0.3) is 0 Å². The monoisotopic (exact) mass is 336 g/mol. The Kier molecular flexibility index (Phi) is 5.54. The van der Waals surface area contributed by atoms with Gasteiger partial charge in [0.05, 0.1) is 0 Å². The van der Waals surface area contributed by atoms with E-state index >= 15 is 0 Å². The van der Waals surface area contributed by atoms with Crippen molar-refractivity contribution < 1.29 is 4.79 Å². The number of amides is 1. The number of nitrogens with zero attached hydrogens (tertiary/aromatic N) is 2. The van der Waals surface area contributed by atoms with Gasteiger partial charge in [0, 0.05) is 31.7 Å². The highest BCUT2D eigenvalue weighted by Gasteiger charge is 2.31. The first kappa shape index (κ1) is 17.7. The van der Waals surface area contributed by atoms with Crippen LogP contribution in [0.3, 0.4) is 0 Å². The van der Waals surface area contributed by atoms with Crippen molar-refractivity contribution in [2.75, 3.05) is 20.1 Å². The van der Waals surface area contributed by atoms with Gasteiger partial charge in [-0.25, -0.2) is 0 Å². The van der Waals surface area contributed by atoms with Crippen LogP contribution in [0, 0.1) is 12.8 Å². The molecule has 1 saturated heterocycles. The van der Waals surface area contributed by atoms with E-state index in [1.54, 1.807) is 0 Å². The van der Waals surface area contributed by atoms with Crippen molar-refractivity contribution in [1.82, 2.24) is 9.80 Å². The molecular weight excluding hydrogens is 308 g/mol. The van der Waals surface area contributed by atoms with E-state index in [-0.39, 0.29) is 11.9 Å². The Morgan fingerprint density at radius 2 is 1.80 bits per heavy atom. The largest absolute Gasteiger partial charge is 0.337 e. The number of benzene rings is 2. The Morgan fingerprint density at radius 1 is 1.12 bits per heavy atom. The van der Waals surface area contributed by atoms with Crippen molar-refractivity contribution in [2.45, 2.75) is 32.9 Å². The molecule has 0 unspecified atom stereocenters. The van der Waals surface area contributed by atoms with Gasteiger partial charge < -0.3 is 4.90 Å². The zero-order valence-electron chi connectivity index (χ0n) is 15.5. The summed E-state index contributed by atoms with van der Waals surface area (Å²) in [7, 11) is 1.95.